The average Bonchev–Trinajstić information content (AvgIpc) is 2.33. The molecule has 0 spiro atoms. The smallest absolute Gasteiger partial charge is 0.254 e. The molecule has 0 aromatic heterocycles. The number of hydrogen-bond donors (Lipinski definition) is 1. The van der Waals surface area contributed by atoms with Crippen LogP contribution in [0.4, 0.5) is 5.69 Å². The predicted molar refractivity (Wildman–Crippen MR) is 79.7 cm³/mol. The van der Waals surface area contributed by atoms with Crippen molar-refractivity contribution >= 4 is 34.8 Å². The number of nitrogen functional groups attached to an aromatic ring is 1. The predicted octanol–water partition coefficient (Wildman–Crippen LogP) is 3.69. The van der Waals surface area contributed by atoms with Crippen LogP contribution >= 0.6 is 23.2 Å². The Bertz CT molecular complexity index is 471. The van der Waals surface area contributed by atoms with Crippen molar-refractivity contribution in [3.05, 3.63) is 27.7 Å². The van der Waals surface area contributed by atoms with Gasteiger partial charge in [-0.1, -0.05) is 37.0 Å². The molecule has 1 fully saturated rings. The van der Waals surface area contributed by atoms with E-state index < -0.39 is 0 Å². The summed E-state index contributed by atoms with van der Waals surface area (Å²) in [6.07, 6.45) is 1.16. The van der Waals surface area contributed by atoms with Crippen LogP contribution in [0, 0.1) is 11.8 Å². The molecule has 3 nitrogen and oxygen atoms in total. The van der Waals surface area contributed by atoms with Gasteiger partial charge < -0.3 is 10.6 Å². The molecule has 0 unspecified atom stereocenters. The second-order valence-electron chi connectivity index (χ2n) is 5.52. The van der Waals surface area contributed by atoms with E-state index >= 15 is 0 Å². The highest BCUT2D eigenvalue weighted by atomic mass is 35.5. The second-order valence-corrected chi connectivity index (χ2v) is 6.30. The summed E-state index contributed by atoms with van der Waals surface area (Å²) >= 11 is 11.9. The standard InChI is InChI=1S/C14H18Cl2N2O/c1-8-3-9(2)7-18(6-8)14(19)10-4-11(15)13(16)12(17)5-10/h4-5,8-9H,3,6-7,17H2,1-2H3/t8-,9-/m0/s1. The Morgan fingerprint density at radius 1 is 1.26 bits per heavy atom. The molecule has 0 saturated carbocycles. The second kappa shape index (κ2) is 5.59. The molecule has 0 radical (unpaired) electrons. The third-order valence-corrected chi connectivity index (χ3v) is 4.28. The number of anilines is 1. The van der Waals surface area contributed by atoms with E-state index in [2.05, 4.69) is 13.8 Å². The number of carbonyl (C=O) groups is 1. The Kier molecular flexibility index (Phi) is 4.26. The molecule has 1 aliphatic rings. The zero-order valence-corrected chi connectivity index (χ0v) is 12.6. The first-order valence-electron chi connectivity index (χ1n) is 6.42. The fourth-order valence-corrected chi connectivity index (χ4v) is 3.08. The summed E-state index contributed by atoms with van der Waals surface area (Å²) in [6, 6.07) is 3.19. The van der Waals surface area contributed by atoms with Gasteiger partial charge in [0.1, 0.15) is 0 Å². The first kappa shape index (κ1) is 14.5. The number of rotatable bonds is 1. The summed E-state index contributed by atoms with van der Waals surface area (Å²) in [6.45, 7) is 5.89. The van der Waals surface area contributed by atoms with Crippen LogP contribution in [0.1, 0.15) is 30.6 Å². The maximum absolute atomic E-state index is 12.5. The highest BCUT2D eigenvalue weighted by Gasteiger charge is 2.26. The summed E-state index contributed by atoms with van der Waals surface area (Å²) in [5.41, 5.74) is 6.61. The van der Waals surface area contributed by atoms with Gasteiger partial charge in [0.05, 0.1) is 15.7 Å². The maximum atomic E-state index is 12.5. The van der Waals surface area contributed by atoms with Gasteiger partial charge in [0, 0.05) is 18.7 Å². The van der Waals surface area contributed by atoms with Gasteiger partial charge >= 0.3 is 0 Å². The Hall–Kier alpha value is -0.930. The minimum atomic E-state index is -0.0244. The van der Waals surface area contributed by atoms with E-state index in [0.717, 1.165) is 19.5 Å². The van der Waals surface area contributed by atoms with E-state index in [1.165, 1.54) is 0 Å². The SMILES string of the molecule is C[C@H]1C[C@H](C)CN(C(=O)c2cc(N)c(Cl)c(Cl)c2)C1. The van der Waals surface area contributed by atoms with E-state index in [1.807, 2.05) is 4.90 Å². The topological polar surface area (TPSA) is 46.3 Å². The number of nitrogens with two attached hydrogens (primary N) is 1. The van der Waals surface area contributed by atoms with E-state index in [4.69, 9.17) is 28.9 Å². The lowest BCUT2D eigenvalue weighted by atomic mass is 9.91. The van der Waals surface area contributed by atoms with Crippen molar-refractivity contribution in [2.45, 2.75) is 20.3 Å². The van der Waals surface area contributed by atoms with Crippen molar-refractivity contribution in [2.75, 3.05) is 18.8 Å². The number of likely N-dealkylation sites (tertiary alicyclic amines) is 1. The van der Waals surface area contributed by atoms with Gasteiger partial charge in [0.2, 0.25) is 0 Å². The fourth-order valence-electron chi connectivity index (χ4n) is 2.75. The molecule has 2 N–H and O–H groups in total. The van der Waals surface area contributed by atoms with Gasteiger partial charge in [-0.2, -0.15) is 0 Å². The molecule has 1 saturated heterocycles. The van der Waals surface area contributed by atoms with Crippen LogP contribution < -0.4 is 5.73 Å². The molecule has 1 heterocycles. The van der Waals surface area contributed by atoms with Crippen molar-refractivity contribution < 1.29 is 4.79 Å². The Balaban J connectivity index is 2.24. The number of amides is 1. The first-order chi connectivity index (χ1) is 8.88. The number of halogens is 2. The van der Waals surface area contributed by atoms with Crippen LogP contribution in [-0.2, 0) is 0 Å². The summed E-state index contributed by atoms with van der Waals surface area (Å²) in [4.78, 5) is 14.3. The quantitative estimate of drug-likeness (QED) is 0.804. The van der Waals surface area contributed by atoms with Crippen LogP contribution in [0.5, 0.6) is 0 Å². The third kappa shape index (κ3) is 3.15. The molecule has 5 heteroatoms. The summed E-state index contributed by atoms with van der Waals surface area (Å²) in [5, 5.41) is 0.627. The normalized spacial score (nSPS) is 23.5. The largest absolute Gasteiger partial charge is 0.397 e. The van der Waals surface area contributed by atoms with Crippen molar-refractivity contribution in [2.24, 2.45) is 11.8 Å². The Labute approximate surface area is 123 Å². The number of nitrogens with zero attached hydrogens (tertiary/aromatic N) is 1. The molecule has 1 aromatic rings. The highest BCUT2D eigenvalue weighted by molar-refractivity contribution is 6.43. The molecule has 19 heavy (non-hydrogen) atoms. The lowest BCUT2D eigenvalue weighted by molar-refractivity contribution is 0.0623. The Morgan fingerprint density at radius 2 is 1.84 bits per heavy atom. The van der Waals surface area contributed by atoms with E-state index in [1.54, 1.807) is 12.1 Å². The number of carbonyl (C=O) groups excluding carboxylic acids is 1. The van der Waals surface area contributed by atoms with Gasteiger partial charge in [-0.05, 0) is 30.4 Å². The van der Waals surface area contributed by atoms with Crippen LogP contribution in [0.15, 0.2) is 12.1 Å². The number of hydrogen-bond acceptors (Lipinski definition) is 2. The Morgan fingerprint density at radius 3 is 2.37 bits per heavy atom. The molecule has 2 atom stereocenters. The zero-order chi connectivity index (χ0) is 14.2. The summed E-state index contributed by atoms with van der Waals surface area (Å²) < 4.78 is 0. The van der Waals surface area contributed by atoms with Crippen LogP contribution in [-0.4, -0.2) is 23.9 Å². The molecule has 1 aromatic carbocycles. The fraction of sp³-hybridized carbons (Fsp3) is 0.500. The monoisotopic (exact) mass is 300 g/mol. The minimum absolute atomic E-state index is 0.0244. The molecule has 0 aliphatic carbocycles. The lowest BCUT2D eigenvalue weighted by Gasteiger charge is -2.35. The molecular formula is C14H18Cl2N2O. The molecule has 2 rings (SSSR count). The molecule has 1 aliphatic heterocycles. The lowest BCUT2D eigenvalue weighted by Crippen LogP contribution is -2.42. The van der Waals surface area contributed by atoms with Gasteiger partial charge in [-0.25, -0.2) is 0 Å². The number of piperidine rings is 1. The van der Waals surface area contributed by atoms with Gasteiger partial charge in [-0.3, -0.25) is 4.79 Å². The summed E-state index contributed by atoms with van der Waals surface area (Å²) in [7, 11) is 0. The van der Waals surface area contributed by atoms with Gasteiger partial charge in [-0.15, -0.1) is 0 Å². The molecule has 1 amide bonds. The van der Waals surface area contributed by atoms with Gasteiger partial charge in [0.15, 0.2) is 0 Å². The molecule has 104 valence electrons. The van der Waals surface area contributed by atoms with Crippen molar-refractivity contribution in [1.29, 1.82) is 0 Å². The average molecular weight is 301 g/mol. The van der Waals surface area contributed by atoms with E-state index in [9.17, 15) is 4.79 Å². The minimum Gasteiger partial charge on any atom is -0.397 e. The van der Waals surface area contributed by atoms with Crippen LogP contribution in [0.3, 0.4) is 0 Å². The summed E-state index contributed by atoms with van der Waals surface area (Å²) in [5.74, 6) is 1.02. The first-order valence-corrected chi connectivity index (χ1v) is 7.18. The molecular weight excluding hydrogens is 283 g/mol. The maximum Gasteiger partial charge on any atom is 0.254 e. The number of benzene rings is 1. The highest BCUT2D eigenvalue weighted by Crippen LogP contribution is 2.30. The van der Waals surface area contributed by atoms with Gasteiger partial charge in [0.25, 0.3) is 5.91 Å². The third-order valence-electron chi connectivity index (χ3n) is 3.46. The zero-order valence-electron chi connectivity index (χ0n) is 11.1. The molecule has 0 bridgehead atoms. The van der Waals surface area contributed by atoms with Crippen LogP contribution in [0.2, 0.25) is 10.0 Å². The van der Waals surface area contributed by atoms with Crippen molar-refractivity contribution in [3.8, 4) is 0 Å². The van der Waals surface area contributed by atoms with Crippen molar-refractivity contribution in [3.63, 3.8) is 0 Å². The van der Waals surface area contributed by atoms with Crippen LogP contribution in [0.25, 0.3) is 0 Å². The van der Waals surface area contributed by atoms with E-state index in [-0.39, 0.29) is 5.91 Å². The van der Waals surface area contributed by atoms with E-state index in [0.29, 0.717) is 33.1 Å². The van der Waals surface area contributed by atoms with Crippen molar-refractivity contribution in [1.82, 2.24) is 4.90 Å².